The van der Waals surface area contributed by atoms with E-state index in [0.29, 0.717) is 135 Å². The number of ether oxygens (including phenoxy) is 6. The summed E-state index contributed by atoms with van der Waals surface area (Å²) in [6.07, 6.45) is 6.12. The third-order valence-electron chi connectivity index (χ3n) is 15.9. The first kappa shape index (κ1) is 82.1. The van der Waals surface area contributed by atoms with Gasteiger partial charge in [-0.1, -0.05) is 59.8 Å². The maximum absolute atomic E-state index is 12.5. The fourth-order valence-corrected chi connectivity index (χ4v) is 10.3. The molecular formula is C69H88N11NaO18. The zero-order valence-corrected chi connectivity index (χ0v) is 58.7. The van der Waals surface area contributed by atoms with Crippen LogP contribution < -0.4 is 70.3 Å². The number of hydrogen-bond donors (Lipinski definition) is 8. The van der Waals surface area contributed by atoms with Gasteiger partial charge in [-0.05, 0) is 124 Å². The summed E-state index contributed by atoms with van der Waals surface area (Å²) in [6.45, 7) is 4.62. The van der Waals surface area contributed by atoms with Gasteiger partial charge in [0.15, 0.2) is 23.0 Å². The van der Waals surface area contributed by atoms with Crippen molar-refractivity contribution in [2.24, 2.45) is 17.7 Å². The monoisotopic (exact) mass is 1380 g/mol. The second-order valence-corrected chi connectivity index (χ2v) is 22.1. The van der Waals surface area contributed by atoms with Gasteiger partial charge in [0.05, 0.1) is 79.3 Å². The number of carboxylic acids is 1. The molecule has 29 nitrogen and oxygen atoms in total. The van der Waals surface area contributed by atoms with Crippen LogP contribution in [0.5, 0.6) is 23.0 Å². The molecular weight excluding hydrogens is 1290 g/mol. The minimum absolute atomic E-state index is 0. The van der Waals surface area contributed by atoms with E-state index in [1.807, 2.05) is 29.9 Å². The maximum atomic E-state index is 12.5. The molecule has 0 spiro atoms. The van der Waals surface area contributed by atoms with E-state index in [1.165, 1.54) is 27.1 Å². The summed E-state index contributed by atoms with van der Waals surface area (Å²) >= 11 is 0. The van der Waals surface area contributed by atoms with Crippen molar-refractivity contribution in [3.63, 3.8) is 0 Å². The molecule has 4 aliphatic rings. The molecule has 0 atom stereocenters. The Hall–Kier alpha value is -9.33. The predicted octanol–water partition coefficient (Wildman–Crippen LogP) is 2.95. The fraction of sp³-hybridized carbons (Fsp3) is 0.406. The Morgan fingerprint density at radius 1 is 0.556 bits per heavy atom. The molecule has 4 saturated heterocycles. The quantitative estimate of drug-likeness (QED) is 0.0190. The SMILES string of the molecule is C1CCOC1.COC(=O)C1CCN(C(=O)CNC(=O)c2ccccc2)CC1.COc1ccc(-c2noc(C3CCN(C(=O)CNC(=O)c4ccccc4)CC3)n2)cc1OC.COc1ccc(C(=N)CO)cc1OC.N[N-]O.O=C(NCC(=O)N1CCC(C(=O)O)CC1)c1ccccc1.[Na+]. The van der Waals surface area contributed by atoms with Crippen LogP contribution in [0, 0.1) is 17.2 Å². The Bertz CT molecular complexity index is 3470. The van der Waals surface area contributed by atoms with E-state index >= 15 is 0 Å². The van der Waals surface area contributed by atoms with Gasteiger partial charge < -0.3 is 95.9 Å². The number of piperidine rings is 3. The number of benzene rings is 5. The fourth-order valence-electron chi connectivity index (χ4n) is 10.3. The summed E-state index contributed by atoms with van der Waals surface area (Å²) in [5.41, 5.74) is 5.13. The molecule has 0 radical (unpaired) electrons. The first-order chi connectivity index (χ1) is 47.4. The second kappa shape index (κ2) is 45.3. The summed E-state index contributed by atoms with van der Waals surface area (Å²) < 4.78 is 35.9. The second-order valence-electron chi connectivity index (χ2n) is 22.1. The topological polar surface area (TPSA) is 401 Å². The molecule has 6 amide bonds. The van der Waals surface area contributed by atoms with E-state index in [1.54, 1.807) is 139 Å². The number of esters is 1. The number of carbonyl (C=O) groups is 8. The van der Waals surface area contributed by atoms with Crippen LogP contribution in [0.3, 0.4) is 0 Å². The van der Waals surface area contributed by atoms with Crippen molar-refractivity contribution in [3.8, 4) is 34.4 Å². The van der Waals surface area contributed by atoms with E-state index in [2.05, 4.69) is 31.9 Å². The van der Waals surface area contributed by atoms with Gasteiger partial charge in [0, 0.05) is 86.2 Å². The zero-order valence-electron chi connectivity index (χ0n) is 56.7. The van der Waals surface area contributed by atoms with Gasteiger partial charge >= 0.3 is 41.5 Å². The standard InChI is InChI=1S/C24H26N4O5.C16H20N2O4.C15H18N2O4.C10H13NO3.C4H8O.H3N2O.Na/c1-31-19-9-8-18(14-20(19)32-2)22-26-24(33-27-22)17-10-12-28(13-11-17)21(29)15-25-23(30)16-6-4-3-5-7-16;1-22-16(21)13-7-9-18(10-8-13)14(19)11-17-15(20)12-5-3-2-4-6-12;18-13(17-8-6-12(7-9-17)15(20)21)10-16-14(19)11-4-2-1-3-5-11;1-13-9-4-3-7(8(11)6-12)5-10(9)14-2;1-2-4-5-3-1;1-2-3;/h3-9,14,17H,10-13,15H2,1-2H3,(H,25,30);2-6,13H,7-11H2,1H3,(H,17,20);1-5,12H,6-10H2,(H,16,19)(H,20,21);3-5,11-12H,6H2,1-2H3;1-4H2;3H,1H2;/q;;;;;-1;+1. The number of carboxylic acid groups (broad SMARTS) is 1. The van der Waals surface area contributed by atoms with E-state index in [4.69, 9.17) is 53.8 Å². The van der Waals surface area contributed by atoms with Crippen LogP contribution >= 0.6 is 0 Å². The van der Waals surface area contributed by atoms with Crippen LogP contribution in [0.15, 0.2) is 132 Å². The number of aliphatic hydroxyl groups is 1. The summed E-state index contributed by atoms with van der Waals surface area (Å²) in [7, 11) is 7.61. The number of hydrogen-bond acceptors (Lipinski definition) is 21. The minimum Gasteiger partial charge on any atom is -0.493 e. The number of carbonyl (C=O) groups excluding carboxylic acids is 7. The van der Waals surface area contributed by atoms with Gasteiger partial charge in [-0.2, -0.15) is 4.98 Å². The summed E-state index contributed by atoms with van der Waals surface area (Å²) in [6, 6.07) is 36.8. The molecule has 1 aromatic heterocycles. The normalized spacial score (nSPS) is 14.1. The number of likely N-dealkylation sites (tertiary alicyclic amines) is 3. The number of aromatic nitrogens is 2. The average molecular weight is 1380 g/mol. The van der Waals surface area contributed by atoms with Crippen LogP contribution in [-0.2, 0) is 33.4 Å². The molecule has 0 unspecified atom stereocenters. The van der Waals surface area contributed by atoms with Gasteiger partial charge in [-0.25, -0.2) is 0 Å². The average Bonchev–Trinajstić information content (AvgIpc) is 1.86. The number of aliphatic carboxylic acids is 1. The Balaban J connectivity index is 0.000000278. The van der Waals surface area contributed by atoms with Crippen molar-refractivity contribution in [2.75, 3.05) is 114 Å². The van der Waals surface area contributed by atoms with Gasteiger partial charge in [0.2, 0.25) is 29.4 Å². The van der Waals surface area contributed by atoms with Crippen LogP contribution in [0.2, 0.25) is 0 Å². The number of methoxy groups -OCH3 is 5. The molecule has 9 N–H and O–H groups in total. The molecule has 5 heterocycles. The zero-order chi connectivity index (χ0) is 71.2. The van der Waals surface area contributed by atoms with Crippen LogP contribution in [0.25, 0.3) is 17.0 Å². The van der Waals surface area contributed by atoms with Crippen LogP contribution in [0.4, 0.5) is 0 Å². The predicted molar refractivity (Wildman–Crippen MR) is 359 cm³/mol. The molecule has 6 aromatic rings. The van der Waals surface area contributed by atoms with Gasteiger partial charge in [0.1, 0.15) is 0 Å². The summed E-state index contributed by atoms with van der Waals surface area (Å²) in [4.78, 5) is 104. The molecule has 4 aliphatic heterocycles. The summed E-state index contributed by atoms with van der Waals surface area (Å²) in [5.74, 6) is 4.79. The first-order valence-electron chi connectivity index (χ1n) is 31.6. The number of rotatable bonds is 19. The number of aliphatic hydroxyl groups excluding tert-OH is 1. The molecule has 30 heteroatoms. The Morgan fingerprint density at radius 3 is 1.30 bits per heavy atom. The molecule has 0 saturated carbocycles. The van der Waals surface area contributed by atoms with Crippen molar-refractivity contribution >= 4 is 53.1 Å². The third-order valence-corrected chi connectivity index (χ3v) is 15.9. The number of nitrogens with one attached hydrogen (secondary N) is 4. The Morgan fingerprint density at radius 2 is 0.939 bits per heavy atom. The third kappa shape index (κ3) is 27.5. The Labute approximate surface area is 597 Å². The largest absolute Gasteiger partial charge is 1.00 e. The number of nitrogens with zero attached hydrogens (tertiary/aromatic N) is 6. The van der Waals surface area contributed by atoms with E-state index in [-0.39, 0.29) is 121 Å². The maximum Gasteiger partial charge on any atom is 1.00 e. The molecule has 4 fully saturated rings. The van der Waals surface area contributed by atoms with Crippen molar-refractivity contribution < 1.29 is 116 Å². The molecule has 0 bridgehead atoms. The van der Waals surface area contributed by atoms with Crippen molar-refractivity contribution in [1.29, 1.82) is 5.41 Å². The molecule has 10 rings (SSSR count). The van der Waals surface area contributed by atoms with Crippen LogP contribution in [-0.4, -0.2) is 208 Å². The first-order valence-corrected chi connectivity index (χ1v) is 31.6. The number of nitrogens with two attached hydrogens (primary N) is 1. The van der Waals surface area contributed by atoms with E-state index in [0.717, 1.165) is 18.8 Å². The van der Waals surface area contributed by atoms with Gasteiger partial charge in [0.25, 0.3) is 17.7 Å². The van der Waals surface area contributed by atoms with Crippen molar-refractivity contribution in [2.45, 2.75) is 57.3 Å². The van der Waals surface area contributed by atoms with Crippen LogP contribution in [0.1, 0.15) is 99.8 Å². The van der Waals surface area contributed by atoms with Gasteiger partial charge in [-0.15, -0.1) is 0 Å². The van der Waals surface area contributed by atoms with E-state index < -0.39 is 5.97 Å². The molecule has 0 aliphatic carbocycles. The molecule has 528 valence electrons. The summed E-state index contributed by atoms with van der Waals surface area (Å²) in [5, 5.41) is 44.1. The van der Waals surface area contributed by atoms with Crippen molar-refractivity contribution in [1.82, 2.24) is 40.8 Å². The Kier molecular flexibility index (Phi) is 37.6. The minimum atomic E-state index is -0.806. The van der Waals surface area contributed by atoms with Gasteiger partial charge in [-0.3, -0.25) is 38.4 Å². The molecule has 99 heavy (non-hydrogen) atoms. The smallest absolute Gasteiger partial charge is 0.493 e. The molecule has 5 aromatic carbocycles. The number of amides is 6. The van der Waals surface area contributed by atoms with E-state index in [9.17, 15) is 38.4 Å². The van der Waals surface area contributed by atoms with Crippen molar-refractivity contribution in [3.05, 3.63) is 161 Å².